The molecule has 0 atom stereocenters. The normalized spacial score (nSPS) is 10.5. The van der Waals surface area contributed by atoms with Gasteiger partial charge in [-0.1, -0.05) is 5.21 Å². The summed E-state index contributed by atoms with van der Waals surface area (Å²) in [5.41, 5.74) is 0.620. The van der Waals surface area contributed by atoms with Gasteiger partial charge in [-0.15, -0.1) is 5.10 Å². The van der Waals surface area contributed by atoms with Gasteiger partial charge in [-0.3, -0.25) is 0 Å². The van der Waals surface area contributed by atoms with E-state index in [1.165, 1.54) is 10.7 Å². The highest BCUT2D eigenvalue weighted by Gasteiger charge is 2.16. The standard InChI is InChI=1S/C8H7ClN4O2/c1-2-15-7(14)6-5-3-4-10-8(9)13(5)12-11-6/h3-4H,2H2,1H3. The molecule has 0 amide bonds. The van der Waals surface area contributed by atoms with Crippen LogP contribution in [0.15, 0.2) is 12.3 Å². The highest BCUT2D eigenvalue weighted by Crippen LogP contribution is 2.12. The maximum Gasteiger partial charge on any atom is 0.361 e. The van der Waals surface area contributed by atoms with Gasteiger partial charge in [-0.05, 0) is 24.6 Å². The lowest BCUT2D eigenvalue weighted by molar-refractivity contribution is 0.0521. The number of ether oxygens (including phenoxy) is 1. The third-order valence-electron chi connectivity index (χ3n) is 1.76. The fourth-order valence-electron chi connectivity index (χ4n) is 1.14. The molecule has 0 aromatic carbocycles. The molecule has 2 aromatic heterocycles. The lowest BCUT2D eigenvalue weighted by Crippen LogP contribution is -2.05. The predicted molar refractivity (Wildman–Crippen MR) is 51.7 cm³/mol. The first-order valence-corrected chi connectivity index (χ1v) is 4.65. The van der Waals surface area contributed by atoms with Gasteiger partial charge in [0.15, 0.2) is 5.69 Å². The van der Waals surface area contributed by atoms with E-state index in [0.717, 1.165) is 0 Å². The van der Waals surface area contributed by atoms with Crippen molar-refractivity contribution < 1.29 is 9.53 Å². The fraction of sp³-hybridized carbons (Fsp3) is 0.250. The van der Waals surface area contributed by atoms with Gasteiger partial charge in [-0.25, -0.2) is 9.78 Å². The second-order valence-corrected chi connectivity index (χ2v) is 3.01. The van der Waals surface area contributed by atoms with Crippen molar-refractivity contribution in [2.24, 2.45) is 0 Å². The number of esters is 1. The van der Waals surface area contributed by atoms with E-state index >= 15 is 0 Å². The summed E-state index contributed by atoms with van der Waals surface area (Å²) < 4.78 is 6.09. The van der Waals surface area contributed by atoms with Crippen molar-refractivity contribution in [2.75, 3.05) is 6.61 Å². The molecule has 0 aliphatic carbocycles. The zero-order valence-corrected chi connectivity index (χ0v) is 8.60. The summed E-state index contributed by atoms with van der Waals surface area (Å²) in [5.74, 6) is -0.519. The Morgan fingerprint density at radius 3 is 3.20 bits per heavy atom. The third-order valence-corrected chi connectivity index (χ3v) is 2.02. The molecular weight excluding hydrogens is 220 g/mol. The molecule has 0 saturated carbocycles. The summed E-state index contributed by atoms with van der Waals surface area (Å²) >= 11 is 5.75. The summed E-state index contributed by atoms with van der Waals surface area (Å²) in [6.07, 6.45) is 1.48. The molecule has 2 aromatic rings. The van der Waals surface area contributed by atoms with Crippen molar-refractivity contribution in [3.05, 3.63) is 23.2 Å². The second-order valence-electron chi connectivity index (χ2n) is 2.67. The minimum Gasteiger partial charge on any atom is -0.461 e. The number of hydrogen-bond donors (Lipinski definition) is 0. The van der Waals surface area contributed by atoms with E-state index in [9.17, 15) is 4.79 Å². The van der Waals surface area contributed by atoms with Gasteiger partial charge in [0.05, 0.1) is 6.61 Å². The molecule has 0 aliphatic rings. The Hall–Kier alpha value is -1.69. The lowest BCUT2D eigenvalue weighted by Gasteiger charge is -1.97. The van der Waals surface area contributed by atoms with Gasteiger partial charge >= 0.3 is 5.97 Å². The molecule has 0 radical (unpaired) electrons. The van der Waals surface area contributed by atoms with E-state index in [4.69, 9.17) is 16.3 Å². The van der Waals surface area contributed by atoms with E-state index in [1.807, 2.05) is 0 Å². The predicted octanol–water partition coefficient (Wildman–Crippen LogP) is 0.954. The minimum absolute atomic E-state index is 0.140. The number of fused-ring (bicyclic) bond motifs is 1. The Morgan fingerprint density at radius 2 is 2.47 bits per heavy atom. The molecule has 2 heterocycles. The van der Waals surface area contributed by atoms with Crippen LogP contribution >= 0.6 is 11.6 Å². The molecule has 15 heavy (non-hydrogen) atoms. The summed E-state index contributed by atoms with van der Waals surface area (Å²) in [6.45, 7) is 2.01. The van der Waals surface area contributed by atoms with Crippen LogP contribution in [0.5, 0.6) is 0 Å². The van der Waals surface area contributed by atoms with Crippen LogP contribution in [0.1, 0.15) is 17.4 Å². The number of rotatable bonds is 2. The van der Waals surface area contributed by atoms with Gasteiger partial charge < -0.3 is 4.74 Å². The molecule has 0 aliphatic heterocycles. The van der Waals surface area contributed by atoms with Crippen molar-refractivity contribution in [3.8, 4) is 0 Å². The summed E-state index contributed by atoms with van der Waals surface area (Å²) in [7, 11) is 0. The van der Waals surface area contributed by atoms with E-state index < -0.39 is 5.97 Å². The smallest absolute Gasteiger partial charge is 0.361 e. The number of carbonyl (C=O) groups excluding carboxylic acids is 1. The largest absolute Gasteiger partial charge is 0.461 e. The Labute approximate surface area is 89.8 Å². The first kappa shape index (κ1) is 9.85. The quantitative estimate of drug-likeness (QED) is 0.563. The van der Waals surface area contributed by atoms with E-state index in [0.29, 0.717) is 5.52 Å². The van der Waals surface area contributed by atoms with Crippen molar-refractivity contribution in [2.45, 2.75) is 6.92 Å². The number of hydrogen-bond acceptors (Lipinski definition) is 5. The molecule has 0 saturated heterocycles. The van der Waals surface area contributed by atoms with E-state index in [-0.39, 0.29) is 17.6 Å². The first-order valence-electron chi connectivity index (χ1n) is 4.27. The van der Waals surface area contributed by atoms with Gasteiger partial charge in [0, 0.05) is 6.20 Å². The minimum atomic E-state index is -0.519. The number of halogens is 1. The first-order chi connectivity index (χ1) is 7.24. The van der Waals surface area contributed by atoms with Crippen LogP contribution in [0.3, 0.4) is 0 Å². The van der Waals surface area contributed by atoms with Crippen molar-refractivity contribution >= 4 is 23.1 Å². The zero-order chi connectivity index (χ0) is 10.8. The summed E-state index contributed by atoms with van der Waals surface area (Å²) in [5, 5.41) is 7.53. The zero-order valence-electron chi connectivity index (χ0n) is 7.85. The average Bonchev–Trinajstić information content (AvgIpc) is 2.63. The van der Waals surface area contributed by atoms with Crippen LogP contribution in [0, 0.1) is 0 Å². The monoisotopic (exact) mass is 226 g/mol. The Balaban J connectivity index is 2.54. The highest BCUT2D eigenvalue weighted by atomic mass is 35.5. The SMILES string of the molecule is CCOC(=O)c1nnn2c(Cl)nccc12. The van der Waals surface area contributed by atoms with Gasteiger partial charge in [-0.2, -0.15) is 4.52 Å². The molecule has 0 fully saturated rings. The average molecular weight is 227 g/mol. The Morgan fingerprint density at radius 1 is 1.67 bits per heavy atom. The molecule has 78 valence electrons. The van der Waals surface area contributed by atoms with Crippen molar-refractivity contribution in [3.63, 3.8) is 0 Å². The molecule has 0 N–H and O–H groups in total. The number of carbonyl (C=O) groups is 1. The molecule has 6 nitrogen and oxygen atoms in total. The molecule has 7 heteroatoms. The Kier molecular flexibility index (Phi) is 2.51. The third kappa shape index (κ3) is 1.63. The van der Waals surface area contributed by atoms with Crippen molar-refractivity contribution in [1.29, 1.82) is 0 Å². The van der Waals surface area contributed by atoms with Crippen LogP contribution in [0.2, 0.25) is 5.28 Å². The van der Waals surface area contributed by atoms with Gasteiger partial charge in [0.2, 0.25) is 5.28 Å². The maximum atomic E-state index is 11.4. The molecule has 0 spiro atoms. The highest BCUT2D eigenvalue weighted by molar-refractivity contribution is 6.28. The van der Waals surface area contributed by atoms with Gasteiger partial charge in [0.1, 0.15) is 5.52 Å². The van der Waals surface area contributed by atoms with Crippen LogP contribution in [-0.4, -0.2) is 32.4 Å². The molecule has 2 rings (SSSR count). The van der Waals surface area contributed by atoms with Gasteiger partial charge in [0.25, 0.3) is 0 Å². The molecular formula is C8H7ClN4O2. The summed E-state index contributed by atoms with van der Waals surface area (Å²) in [6, 6.07) is 1.60. The van der Waals surface area contributed by atoms with E-state index in [2.05, 4.69) is 15.3 Å². The topological polar surface area (TPSA) is 69.4 Å². The fourth-order valence-corrected chi connectivity index (χ4v) is 1.33. The lowest BCUT2D eigenvalue weighted by atomic mass is 10.3. The van der Waals surface area contributed by atoms with E-state index in [1.54, 1.807) is 13.0 Å². The maximum absolute atomic E-state index is 11.4. The van der Waals surface area contributed by atoms with Crippen LogP contribution in [0.4, 0.5) is 0 Å². The number of nitrogens with zero attached hydrogens (tertiary/aromatic N) is 4. The summed E-state index contributed by atoms with van der Waals surface area (Å²) in [4.78, 5) is 15.2. The second kappa shape index (κ2) is 3.82. The molecule has 0 bridgehead atoms. The molecule has 0 unspecified atom stereocenters. The van der Waals surface area contributed by atoms with Crippen LogP contribution in [0.25, 0.3) is 5.52 Å². The van der Waals surface area contributed by atoms with Crippen LogP contribution in [-0.2, 0) is 4.74 Å². The number of aromatic nitrogens is 4. The Bertz CT molecular complexity index is 510. The van der Waals surface area contributed by atoms with Crippen molar-refractivity contribution in [1.82, 2.24) is 19.8 Å². The van der Waals surface area contributed by atoms with Crippen LogP contribution < -0.4 is 0 Å².